The highest BCUT2D eigenvalue weighted by atomic mass is 32.1. The first-order chi connectivity index (χ1) is 10.3. The molecule has 114 valence electrons. The second-order valence-electron chi connectivity index (χ2n) is 5.71. The fourth-order valence-corrected chi connectivity index (χ4v) is 3.21. The lowest BCUT2D eigenvalue weighted by Crippen LogP contribution is -2.38. The monoisotopic (exact) mass is 306 g/mol. The minimum atomic E-state index is 0.295. The van der Waals surface area contributed by atoms with Crippen LogP contribution in [0.25, 0.3) is 0 Å². The Kier molecular flexibility index (Phi) is 4.80. The van der Waals surface area contributed by atoms with Gasteiger partial charge in [-0.25, -0.2) is 0 Å². The fourth-order valence-electron chi connectivity index (χ4n) is 2.93. The van der Waals surface area contributed by atoms with Gasteiger partial charge in [-0.05, 0) is 37.2 Å². The smallest absolute Gasteiger partial charge is 0.231 e. The van der Waals surface area contributed by atoms with Gasteiger partial charge in [0.1, 0.15) is 0 Å². The van der Waals surface area contributed by atoms with E-state index in [1.54, 1.807) is 0 Å². The molecular weight excluding hydrogens is 284 g/mol. The van der Waals surface area contributed by atoms with Gasteiger partial charge in [-0.15, -0.1) is 0 Å². The van der Waals surface area contributed by atoms with E-state index in [9.17, 15) is 0 Å². The van der Waals surface area contributed by atoms with E-state index in [1.807, 2.05) is 18.2 Å². The lowest BCUT2D eigenvalue weighted by Gasteiger charge is -2.22. The average molecular weight is 306 g/mol. The first-order valence-corrected chi connectivity index (χ1v) is 8.19. The third-order valence-electron chi connectivity index (χ3n) is 4.07. The van der Waals surface area contributed by atoms with Crippen molar-refractivity contribution in [3.8, 4) is 11.5 Å². The van der Waals surface area contributed by atoms with Crippen LogP contribution in [-0.2, 0) is 0 Å². The Hall–Kier alpha value is -1.49. The number of anilines is 1. The van der Waals surface area contributed by atoms with Crippen molar-refractivity contribution in [2.75, 3.05) is 12.1 Å². The van der Waals surface area contributed by atoms with Crippen LogP contribution in [0.1, 0.15) is 44.9 Å². The zero-order valence-electron chi connectivity index (χ0n) is 12.2. The van der Waals surface area contributed by atoms with Crippen molar-refractivity contribution in [3.05, 3.63) is 18.2 Å². The summed E-state index contributed by atoms with van der Waals surface area (Å²) < 4.78 is 10.7. The SMILES string of the molecule is S=C(Nc1ccc2c(c1)OCO2)NC1CCCCCCC1. The highest BCUT2D eigenvalue weighted by Crippen LogP contribution is 2.34. The zero-order valence-corrected chi connectivity index (χ0v) is 13.0. The van der Waals surface area contributed by atoms with Crippen LogP contribution >= 0.6 is 12.2 Å². The highest BCUT2D eigenvalue weighted by Gasteiger charge is 2.15. The van der Waals surface area contributed by atoms with Crippen LogP contribution in [0.2, 0.25) is 0 Å². The molecule has 1 aromatic rings. The Balaban J connectivity index is 1.53. The third kappa shape index (κ3) is 4.00. The van der Waals surface area contributed by atoms with E-state index >= 15 is 0 Å². The second kappa shape index (κ2) is 6.98. The van der Waals surface area contributed by atoms with Crippen LogP contribution in [0, 0.1) is 0 Å². The predicted octanol–water partition coefficient (Wildman–Crippen LogP) is 3.81. The van der Waals surface area contributed by atoms with Crippen molar-refractivity contribution < 1.29 is 9.47 Å². The first kappa shape index (κ1) is 14.4. The molecule has 3 rings (SSSR count). The van der Waals surface area contributed by atoms with Crippen LogP contribution in [0.15, 0.2) is 18.2 Å². The molecule has 0 unspecified atom stereocenters. The van der Waals surface area contributed by atoms with E-state index < -0.39 is 0 Å². The van der Waals surface area contributed by atoms with Gasteiger partial charge in [-0.3, -0.25) is 0 Å². The summed E-state index contributed by atoms with van der Waals surface area (Å²) in [7, 11) is 0. The lowest BCUT2D eigenvalue weighted by molar-refractivity contribution is 0.174. The maximum atomic E-state index is 5.43. The molecule has 2 N–H and O–H groups in total. The highest BCUT2D eigenvalue weighted by molar-refractivity contribution is 7.80. The Morgan fingerprint density at radius 2 is 1.71 bits per heavy atom. The largest absolute Gasteiger partial charge is 0.454 e. The normalized spacial score (nSPS) is 18.7. The van der Waals surface area contributed by atoms with Gasteiger partial charge in [0.2, 0.25) is 6.79 Å². The molecule has 0 bridgehead atoms. The maximum Gasteiger partial charge on any atom is 0.231 e. The number of benzene rings is 1. The molecule has 1 fully saturated rings. The van der Waals surface area contributed by atoms with Crippen molar-refractivity contribution in [1.82, 2.24) is 5.32 Å². The molecule has 0 atom stereocenters. The number of rotatable bonds is 2. The zero-order chi connectivity index (χ0) is 14.5. The summed E-state index contributed by atoms with van der Waals surface area (Å²) in [6.07, 6.45) is 9.09. The van der Waals surface area contributed by atoms with Gasteiger partial charge in [0.05, 0.1) is 0 Å². The van der Waals surface area contributed by atoms with Gasteiger partial charge in [0.15, 0.2) is 16.6 Å². The number of ether oxygens (including phenoxy) is 2. The summed E-state index contributed by atoms with van der Waals surface area (Å²) in [5, 5.41) is 7.38. The Labute approximate surface area is 131 Å². The Bertz CT molecular complexity index is 499. The standard InChI is InChI=1S/C16H22N2O2S/c21-16(17-12-6-4-2-1-3-5-7-12)18-13-8-9-14-15(10-13)20-11-19-14/h8-10,12H,1-7,11H2,(H2,17,18,21). The summed E-state index contributed by atoms with van der Waals surface area (Å²) in [6, 6.07) is 6.29. The molecule has 1 aromatic carbocycles. The summed E-state index contributed by atoms with van der Waals surface area (Å²) in [6.45, 7) is 0.295. The van der Waals surface area contributed by atoms with E-state index in [-0.39, 0.29) is 0 Å². The van der Waals surface area contributed by atoms with Crippen LogP contribution in [0.5, 0.6) is 11.5 Å². The number of hydrogen-bond donors (Lipinski definition) is 2. The summed E-state index contributed by atoms with van der Waals surface area (Å²) in [4.78, 5) is 0. The van der Waals surface area contributed by atoms with Crippen molar-refractivity contribution in [2.45, 2.75) is 51.0 Å². The van der Waals surface area contributed by atoms with E-state index in [1.165, 1.54) is 44.9 Å². The molecule has 4 nitrogen and oxygen atoms in total. The lowest BCUT2D eigenvalue weighted by atomic mass is 9.97. The molecule has 0 saturated heterocycles. The molecule has 21 heavy (non-hydrogen) atoms. The second-order valence-corrected chi connectivity index (χ2v) is 6.12. The van der Waals surface area contributed by atoms with Gasteiger partial charge < -0.3 is 20.1 Å². The van der Waals surface area contributed by atoms with Crippen LogP contribution < -0.4 is 20.1 Å². The van der Waals surface area contributed by atoms with Crippen LogP contribution in [0.4, 0.5) is 5.69 Å². The Morgan fingerprint density at radius 1 is 1.00 bits per heavy atom. The maximum absolute atomic E-state index is 5.43. The van der Waals surface area contributed by atoms with E-state index in [0.717, 1.165) is 17.2 Å². The molecule has 1 aliphatic carbocycles. The van der Waals surface area contributed by atoms with E-state index in [4.69, 9.17) is 21.7 Å². The molecular formula is C16H22N2O2S. The van der Waals surface area contributed by atoms with Crippen molar-refractivity contribution >= 4 is 23.0 Å². The molecule has 2 aliphatic rings. The first-order valence-electron chi connectivity index (χ1n) is 7.78. The fraction of sp³-hybridized carbons (Fsp3) is 0.562. The summed E-state index contributed by atoms with van der Waals surface area (Å²) in [5.74, 6) is 1.56. The molecule has 1 heterocycles. The number of fused-ring (bicyclic) bond motifs is 1. The van der Waals surface area contributed by atoms with Crippen molar-refractivity contribution in [3.63, 3.8) is 0 Å². The van der Waals surface area contributed by atoms with E-state index in [2.05, 4.69) is 10.6 Å². The van der Waals surface area contributed by atoms with Crippen LogP contribution in [0.3, 0.4) is 0 Å². The molecule has 0 spiro atoms. The predicted molar refractivity (Wildman–Crippen MR) is 88.0 cm³/mol. The molecule has 0 radical (unpaired) electrons. The molecule has 1 aliphatic heterocycles. The summed E-state index contributed by atoms with van der Waals surface area (Å²) >= 11 is 5.43. The van der Waals surface area contributed by atoms with Gasteiger partial charge in [-0.1, -0.05) is 32.1 Å². The van der Waals surface area contributed by atoms with Crippen LogP contribution in [-0.4, -0.2) is 17.9 Å². The van der Waals surface area contributed by atoms with Gasteiger partial charge in [-0.2, -0.15) is 0 Å². The van der Waals surface area contributed by atoms with E-state index in [0.29, 0.717) is 17.9 Å². The number of nitrogens with one attached hydrogen (secondary N) is 2. The molecule has 0 amide bonds. The summed E-state index contributed by atoms with van der Waals surface area (Å²) in [5.41, 5.74) is 0.933. The van der Waals surface area contributed by atoms with Gasteiger partial charge in [0.25, 0.3) is 0 Å². The van der Waals surface area contributed by atoms with Crippen molar-refractivity contribution in [2.24, 2.45) is 0 Å². The molecule has 1 saturated carbocycles. The topological polar surface area (TPSA) is 42.5 Å². The van der Waals surface area contributed by atoms with Gasteiger partial charge in [0, 0.05) is 17.8 Å². The molecule has 5 heteroatoms. The average Bonchev–Trinajstić information content (AvgIpc) is 2.89. The quantitative estimate of drug-likeness (QED) is 0.813. The minimum Gasteiger partial charge on any atom is -0.454 e. The number of hydrogen-bond acceptors (Lipinski definition) is 3. The third-order valence-corrected chi connectivity index (χ3v) is 4.29. The molecule has 0 aromatic heterocycles. The minimum absolute atomic E-state index is 0.295. The number of thiocarbonyl (C=S) groups is 1. The van der Waals surface area contributed by atoms with Gasteiger partial charge >= 0.3 is 0 Å². The van der Waals surface area contributed by atoms with Crippen molar-refractivity contribution in [1.29, 1.82) is 0 Å². The Morgan fingerprint density at radius 3 is 2.52 bits per heavy atom.